The third kappa shape index (κ3) is 16.6. The predicted molar refractivity (Wildman–Crippen MR) is 135 cm³/mol. The Bertz CT molecular complexity index is 1010. The first-order valence-electron chi connectivity index (χ1n) is 11.0. The third-order valence-corrected chi connectivity index (χ3v) is 4.48. The minimum Gasteiger partial charge on any atom is -0.868 e. The van der Waals surface area contributed by atoms with Crippen LogP contribution in [0.3, 0.4) is 0 Å². The maximum Gasteiger partial charge on any atom is 4.00 e. The first-order chi connectivity index (χ1) is 17.2. The van der Waals surface area contributed by atoms with Crippen LogP contribution in [0.1, 0.15) is 24.0 Å². The Hall–Kier alpha value is -3.71. The molecule has 6 nitrogen and oxygen atoms in total. The van der Waals surface area contributed by atoms with Gasteiger partial charge in [0.05, 0.1) is 0 Å². The molecule has 0 amide bonds. The Balaban J connectivity index is 0.000000491. The maximum absolute atomic E-state index is 9.43. The van der Waals surface area contributed by atoms with Gasteiger partial charge in [-0.1, -0.05) is 73.8 Å². The second-order valence-corrected chi connectivity index (χ2v) is 7.40. The molecule has 0 unspecified atom stereocenters. The molecular weight excluding hydrogens is 635 g/mol. The molecule has 0 aliphatic heterocycles. The molecule has 7 heteroatoms. The Morgan fingerprint density at radius 2 is 1.00 bits per heavy atom. The van der Waals surface area contributed by atoms with Crippen molar-refractivity contribution in [1.29, 1.82) is 0 Å². The zero-order valence-electron chi connectivity index (χ0n) is 20.4. The molecule has 0 fully saturated rings. The summed E-state index contributed by atoms with van der Waals surface area (Å²) in [6, 6.07) is 21.0. The summed E-state index contributed by atoms with van der Waals surface area (Å²) >= 11 is 0. The van der Waals surface area contributed by atoms with Crippen LogP contribution >= 0.6 is 0 Å². The van der Waals surface area contributed by atoms with E-state index in [1.54, 1.807) is 0 Å². The van der Waals surface area contributed by atoms with Crippen molar-refractivity contribution in [3.8, 4) is 0 Å². The van der Waals surface area contributed by atoms with Gasteiger partial charge in [-0.3, -0.25) is 12.2 Å². The number of carboxylic acids is 2. The standard InChI is InChI=1S/2C12H11.2C3H4O3.Hf/c2*1-2-6-11(7-3-1)10-12-8-4-5-9-12;2*1-2(4)3(5)6;/h2*1-4,6-8H,5,10H2;2*4H,1H2,(H,5,6);/q2*-1;;;+4/p-2. The number of carboxylic acid groups (broad SMARTS) is 2. The van der Waals surface area contributed by atoms with E-state index in [4.69, 9.17) is 10.2 Å². The second-order valence-electron chi connectivity index (χ2n) is 7.40. The van der Waals surface area contributed by atoms with Gasteiger partial charge in [0.2, 0.25) is 0 Å². The zero-order chi connectivity index (χ0) is 26.8. The molecule has 0 heterocycles. The van der Waals surface area contributed by atoms with Crippen LogP contribution in [0.25, 0.3) is 0 Å². The molecular formula is C30H28HfO6. The van der Waals surface area contributed by atoms with Crippen molar-refractivity contribution in [2.75, 3.05) is 0 Å². The summed E-state index contributed by atoms with van der Waals surface area (Å²) < 4.78 is 0. The van der Waals surface area contributed by atoms with E-state index < -0.39 is 23.5 Å². The summed E-state index contributed by atoms with van der Waals surface area (Å²) in [6.07, 6.45) is 19.3. The molecule has 0 spiro atoms. The number of aliphatic carboxylic acids is 2. The van der Waals surface area contributed by atoms with Crippen LogP contribution in [-0.2, 0) is 48.3 Å². The molecule has 37 heavy (non-hydrogen) atoms. The molecule has 2 aromatic carbocycles. The van der Waals surface area contributed by atoms with Gasteiger partial charge in [0.1, 0.15) is 0 Å². The van der Waals surface area contributed by atoms with Crippen LogP contribution in [-0.4, -0.2) is 22.2 Å². The van der Waals surface area contributed by atoms with Crippen molar-refractivity contribution >= 4 is 11.9 Å². The van der Waals surface area contributed by atoms with Crippen molar-refractivity contribution in [3.63, 3.8) is 0 Å². The van der Waals surface area contributed by atoms with Crippen LogP contribution in [0.5, 0.6) is 0 Å². The molecule has 0 aromatic heterocycles. The van der Waals surface area contributed by atoms with E-state index in [1.807, 2.05) is 12.1 Å². The third-order valence-electron chi connectivity index (χ3n) is 4.48. The van der Waals surface area contributed by atoms with Gasteiger partial charge < -0.3 is 20.4 Å². The molecule has 0 atom stereocenters. The smallest absolute Gasteiger partial charge is 0.868 e. The Kier molecular flexibility index (Phi) is 17.5. The summed E-state index contributed by atoms with van der Waals surface area (Å²) in [7, 11) is 0. The Labute approximate surface area is 236 Å². The average molecular weight is 663 g/mol. The summed E-state index contributed by atoms with van der Waals surface area (Å²) in [4.78, 5) is 18.6. The van der Waals surface area contributed by atoms with E-state index in [0.29, 0.717) is 0 Å². The van der Waals surface area contributed by atoms with Crippen molar-refractivity contribution < 1.29 is 55.9 Å². The van der Waals surface area contributed by atoms with Crippen LogP contribution in [0, 0.1) is 12.2 Å². The molecule has 2 N–H and O–H groups in total. The van der Waals surface area contributed by atoms with Crippen LogP contribution in [0.4, 0.5) is 0 Å². The van der Waals surface area contributed by atoms with E-state index >= 15 is 0 Å². The SMILES string of the molecule is C=C([O-])C(=O)O.C=C([O-])C(=O)O.[C-]1=C(Cc2ccccc2)C=CC1.[C-]1=C(Cc2ccccc2)C=CC1.[Hf+4]. The fourth-order valence-corrected chi connectivity index (χ4v) is 2.77. The van der Waals surface area contributed by atoms with E-state index in [-0.39, 0.29) is 25.8 Å². The quantitative estimate of drug-likeness (QED) is 0.211. The number of hydrogen-bond donors (Lipinski definition) is 2. The van der Waals surface area contributed by atoms with Gasteiger partial charge in [-0.2, -0.15) is 12.2 Å². The zero-order valence-corrected chi connectivity index (χ0v) is 23.9. The van der Waals surface area contributed by atoms with Crippen molar-refractivity contribution in [3.05, 3.63) is 144 Å². The fraction of sp³-hybridized carbons (Fsp3) is 0.133. The molecule has 0 bridgehead atoms. The number of hydrogen-bond acceptors (Lipinski definition) is 4. The minimum atomic E-state index is -1.49. The van der Waals surface area contributed by atoms with Gasteiger partial charge in [-0.15, -0.1) is 12.8 Å². The number of allylic oxidation sites excluding steroid dienone is 8. The summed E-state index contributed by atoms with van der Waals surface area (Å²) in [5.74, 6) is -5.13. The van der Waals surface area contributed by atoms with Crippen LogP contribution in [0.2, 0.25) is 0 Å². The Morgan fingerprint density at radius 1 is 0.703 bits per heavy atom. The first-order valence-corrected chi connectivity index (χ1v) is 11.0. The first kappa shape index (κ1) is 33.3. The average Bonchev–Trinajstić information content (AvgIpc) is 3.56. The second kappa shape index (κ2) is 19.5. The van der Waals surface area contributed by atoms with Crippen LogP contribution in [0.15, 0.2) is 121 Å². The van der Waals surface area contributed by atoms with Gasteiger partial charge in [0, 0.05) is 0 Å². The number of rotatable bonds is 6. The summed E-state index contributed by atoms with van der Waals surface area (Å²) in [5, 5.41) is 34.0. The molecule has 4 rings (SSSR count). The van der Waals surface area contributed by atoms with E-state index in [9.17, 15) is 19.8 Å². The molecule has 188 valence electrons. The van der Waals surface area contributed by atoms with Gasteiger partial charge in [0.25, 0.3) is 0 Å². The summed E-state index contributed by atoms with van der Waals surface area (Å²) in [6.45, 7) is 5.20. The largest absolute Gasteiger partial charge is 4.00 e. The van der Waals surface area contributed by atoms with Gasteiger partial charge in [-0.25, -0.2) is 32.9 Å². The van der Waals surface area contributed by atoms with Crippen molar-refractivity contribution in [1.82, 2.24) is 0 Å². The molecule has 2 aliphatic rings. The predicted octanol–water partition coefficient (Wildman–Crippen LogP) is 3.72. The van der Waals surface area contributed by atoms with Crippen LogP contribution < -0.4 is 10.2 Å². The number of carbonyl (C=O) groups is 2. The normalized spacial score (nSPS) is 12.0. The van der Waals surface area contributed by atoms with E-state index in [2.05, 4.69) is 98.1 Å². The van der Waals surface area contributed by atoms with Gasteiger partial charge >= 0.3 is 37.8 Å². The van der Waals surface area contributed by atoms with Crippen molar-refractivity contribution in [2.24, 2.45) is 0 Å². The monoisotopic (exact) mass is 664 g/mol. The maximum atomic E-state index is 9.43. The summed E-state index contributed by atoms with van der Waals surface area (Å²) in [5.41, 5.74) is 5.38. The van der Waals surface area contributed by atoms with Gasteiger partial charge in [-0.05, 0) is 35.5 Å². The molecule has 0 saturated heterocycles. The topological polar surface area (TPSA) is 121 Å². The van der Waals surface area contributed by atoms with E-state index in [1.165, 1.54) is 22.3 Å². The minimum absolute atomic E-state index is 0. The molecule has 0 saturated carbocycles. The Morgan fingerprint density at radius 3 is 1.22 bits per heavy atom. The molecule has 0 radical (unpaired) electrons. The molecule has 2 aromatic rings. The van der Waals surface area contributed by atoms with Crippen molar-refractivity contribution in [2.45, 2.75) is 25.7 Å². The van der Waals surface area contributed by atoms with Gasteiger partial charge in [0.15, 0.2) is 0 Å². The van der Waals surface area contributed by atoms with E-state index in [0.717, 1.165) is 25.7 Å². The fourth-order valence-electron chi connectivity index (χ4n) is 2.77. The molecule has 2 aliphatic carbocycles. The number of benzene rings is 2.